The first kappa shape index (κ1) is 30.8. The lowest BCUT2D eigenvalue weighted by Crippen LogP contribution is -2.72. The van der Waals surface area contributed by atoms with Gasteiger partial charge in [-0.1, -0.05) is 13.8 Å². The molecule has 0 fully saturated rings. The molecule has 0 saturated heterocycles. The lowest BCUT2D eigenvalue weighted by molar-refractivity contribution is 0.0137. The van der Waals surface area contributed by atoms with Gasteiger partial charge in [0, 0.05) is 39.6 Å². The Morgan fingerprint density at radius 3 is 1.09 bits per heavy atom. The lowest BCUT2D eigenvalue weighted by atomic mass is 10.3. The summed E-state index contributed by atoms with van der Waals surface area (Å²) < 4.78 is 37.5. The average Bonchev–Trinajstić information content (AvgIpc) is 3.39. The first-order chi connectivity index (χ1) is 16.2. The van der Waals surface area contributed by atoms with Gasteiger partial charge in [0.2, 0.25) is 0 Å². The normalized spacial score (nSPS) is 14.5. The Labute approximate surface area is 204 Å². The Bertz CT molecular complexity index is 719. The van der Waals surface area contributed by atoms with Gasteiger partial charge in [0.25, 0.3) is 0 Å². The van der Waals surface area contributed by atoms with Gasteiger partial charge in [0.15, 0.2) is 0 Å². The molecule has 2 unspecified atom stereocenters. The molecule has 0 bridgehead atoms. The van der Waals surface area contributed by atoms with Crippen molar-refractivity contribution < 1.29 is 31.4 Å². The van der Waals surface area contributed by atoms with Crippen molar-refractivity contribution in [3.63, 3.8) is 0 Å². The summed E-state index contributed by atoms with van der Waals surface area (Å²) in [6.45, 7) is 16.5. The van der Waals surface area contributed by atoms with Crippen LogP contribution in [-0.4, -0.2) is 84.1 Å². The Morgan fingerprint density at radius 1 is 0.647 bits per heavy atom. The number of hydrogen-bond acceptors (Lipinski definition) is 9. The summed E-state index contributed by atoms with van der Waals surface area (Å²) in [6.07, 6.45) is 0.777. The highest BCUT2D eigenvalue weighted by Crippen LogP contribution is 2.31. The summed E-state index contributed by atoms with van der Waals surface area (Å²) in [5.41, 5.74) is -3.13. The van der Waals surface area contributed by atoms with Gasteiger partial charge in [-0.15, -0.1) is 0 Å². The largest absolute Gasteiger partial charge is 0.524 e. The predicted octanol–water partition coefficient (Wildman–Crippen LogP) is 2.09. The van der Waals surface area contributed by atoms with Crippen LogP contribution in [0.5, 0.6) is 0 Å². The summed E-state index contributed by atoms with van der Waals surface area (Å²) in [5.74, 6) is 0. The van der Waals surface area contributed by atoms with Crippen LogP contribution >= 0.6 is 0 Å². The van der Waals surface area contributed by atoms with Crippen molar-refractivity contribution in [1.29, 1.82) is 0 Å². The fourth-order valence-electron chi connectivity index (χ4n) is 4.18. The summed E-state index contributed by atoms with van der Waals surface area (Å²) in [7, 11) is -7.06. The predicted molar refractivity (Wildman–Crippen MR) is 131 cm³/mol. The quantitative estimate of drug-likeness (QED) is 0.211. The topological polar surface area (TPSA) is 115 Å². The van der Waals surface area contributed by atoms with Gasteiger partial charge in [0.1, 0.15) is 11.3 Å². The lowest BCUT2D eigenvalue weighted by Gasteiger charge is -2.47. The molecule has 1 aromatic rings. The van der Waals surface area contributed by atoms with Gasteiger partial charge >= 0.3 is 34.8 Å². The van der Waals surface area contributed by atoms with Gasteiger partial charge in [-0.2, -0.15) is 4.57 Å². The number of carbonyl (C=O) groups excluding carboxylic acids is 1. The van der Waals surface area contributed by atoms with Gasteiger partial charge in [0.05, 0.1) is 0 Å². The Kier molecular flexibility index (Phi) is 13.0. The summed E-state index contributed by atoms with van der Waals surface area (Å²) in [5, 5.41) is 0. The van der Waals surface area contributed by atoms with Gasteiger partial charge < -0.3 is 31.5 Å². The maximum Gasteiger partial charge on any atom is 0.524 e. The average molecular weight is 523 g/mol. The number of amides is 1. The van der Waals surface area contributed by atoms with Crippen molar-refractivity contribution in [2.45, 2.75) is 79.6 Å². The van der Waals surface area contributed by atoms with Crippen molar-refractivity contribution >= 4 is 23.6 Å². The number of rotatable bonds is 18. The van der Waals surface area contributed by atoms with E-state index in [0.29, 0.717) is 57.1 Å². The second-order valence-corrected chi connectivity index (χ2v) is 12.8. The molecule has 0 aliphatic rings. The molecule has 0 radical (unpaired) electrons. The van der Waals surface area contributed by atoms with Crippen LogP contribution in [0.3, 0.4) is 0 Å². The molecule has 0 N–H and O–H groups in total. The van der Waals surface area contributed by atoms with Crippen LogP contribution in [0.25, 0.3) is 0 Å². The minimum atomic E-state index is -3.53. The fourth-order valence-corrected chi connectivity index (χ4v) is 10.7. The van der Waals surface area contributed by atoms with Crippen molar-refractivity contribution in [2.24, 2.45) is 0 Å². The van der Waals surface area contributed by atoms with Crippen molar-refractivity contribution in [1.82, 2.24) is 9.47 Å². The van der Waals surface area contributed by atoms with Crippen LogP contribution in [0.2, 0.25) is 0 Å². The SMILES string of the molecule is CCO[Si](OCC)(OCC)C(CC)N(C(=O)n1c(=O)c1=O)C(CC)[Si](OCC)(OCC)OCC. The molecule has 13 heteroatoms. The molecule has 0 aromatic carbocycles. The van der Waals surface area contributed by atoms with E-state index in [1.54, 1.807) is 0 Å². The third-order valence-electron chi connectivity index (χ3n) is 5.29. The van der Waals surface area contributed by atoms with Gasteiger partial charge in [-0.3, -0.25) is 9.59 Å². The molecule has 1 amide bonds. The molecule has 34 heavy (non-hydrogen) atoms. The maximum atomic E-state index is 13.8. The van der Waals surface area contributed by atoms with E-state index in [1.165, 1.54) is 4.90 Å². The molecule has 0 saturated carbocycles. The molecule has 1 heterocycles. The van der Waals surface area contributed by atoms with E-state index >= 15 is 0 Å². The monoisotopic (exact) mass is 522 g/mol. The van der Waals surface area contributed by atoms with E-state index in [9.17, 15) is 14.4 Å². The third-order valence-corrected chi connectivity index (χ3v) is 12.4. The molecule has 0 spiro atoms. The highest BCUT2D eigenvalue weighted by Gasteiger charge is 2.61. The third kappa shape index (κ3) is 6.52. The minimum Gasteiger partial charge on any atom is -0.373 e. The molecule has 0 aliphatic carbocycles. The molecule has 0 aliphatic heterocycles. The number of hydrogen-bond donors (Lipinski definition) is 0. The van der Waals surface area contributed by atoms with Crippen LogP contribution in [-0.2, 0) is 26.6 Å². The summed E-state index contributed by atoms with van der Waals surface area (Å²) in [4.78, 5) is 39.2. The standard InChI is InChI=1S/C21H42N2O9Si2/c1-9-17(33(27-11-3,28-12-4)29-13-5)22(21(26)23-19(24)20(23)25)18(10-2)34(30-14-6,31-15-7)32-16-8/h17-18H,9-16H2,1-8H3. The van der Waals surface area contributed by atoms with E-state index in [2.05, 4.69) is 0 Å². The minimum absolute atomic E-state index is 0.300. The Balaban J connectivity index is 3.85. The second-order valence-electron chi connectivity index (χ2n) is 7.29. The van der Waals surface area contributed by atoms with E-state index in [4.69, 9.17) is 26.6 Å². The molecular weight excluding hydrogens is 480 g/mol. The second kappa shape index (κ2) is 14.4. The molecule has 1 aromatic heterocycles. The first-order valence-electron chi connectivity index (χ1n) is 12.3. The molecule has 1 rings (SSSR count). The zero-order valence-electron chi connectivity index (χ0n) is 21.9. The summed E-state index contributed by atoms with van der Waals surface area (Å²) >= 11 is 0. The van der Waals surface area contributed by atoms with Crippen molar-refractivity contribution in [3.8, 4) is 0 Å². The van der Waals surface area contributed by atoms with Crippen LogP contribution in [0.15, 0.2) is 9.59 Å². The fraction of sp³-hybridized carbons (Fsp3) is 0.857. The smallest absolute Gasteiger partial charge is 0.373 e. The zero-order chi connectivity index (χ0) is 25.9. The maximum absolute atomic E-state index is 13.8. The number of nitrogens with zero attached hydrogens (tertiary/aromatic N) is 2. The first-order valence-corrected chi connectivity index (χ1v) is 15.9. The molecule has 2 atom stereocenters. The highest BCUT2D eigenvalue weighted by atomic mass is 28.4. The Morgan fingerprint density at radius 2 is 0.912 bits per heavy atom. The summed E-state index contributed by atoms with van der Waals surface area (Å²) in [6, 6.07) is -0.763. The van der Waals surface area contributed by atoms with E-state index < -0.39 is 46.1 Å². The van der Waals surface area contributed by atoms with Gasteiger partial charge in [-0.25, -0.2) is 4.79 Å². The van der Waals surface area contributed by atoms with Crippen LogP contribution in [0.1, 0.15) is 68.2 Å². The molecular formula is C21H42N2O9Si2. The number of aromatic nitrogens is 1. The van der Waals surface area contributed by atoms with E-state index in [1.807, 2.05) is 55.4 Å². The van der Waals surface area contributed by atoms with Crippen LogP contribution < -0.4 is 11.1 Å². The number of carbonyl (C=O) groups is 1. The van der Waals surface area contributed by atoms with E-state index in [-0.39, 0.29) is 0 Å². The van der Waals surface area contributed by atoms with Crippen LogP contribution in [0.4, 0.5) is 4.79 Å². The van der Waals surface area contributed by atoms with Crippen molar-refractivity contribution in [3.05, 3.63) is 20.7 Å². The Hall–Kier alpha value is -1.20. The molecule has 11 nitrogen and oxygen atoms in total. The van der Waals surface area contributed by atoms with E-state index in [0.717, 1.165) is 0 Å². The molecule has 198 valence electrons. The van der Waals surface area contributed by atoms with Gasteiger partial charge in [-0.05, 0) is 54.4 Å². The zero-order valence-corrected chi connectivity index (χ0v) is 23.9. The highest BCUT2D eigenvalue weighted by molar-refractivity contribution is 6.65. The van der Waals surface area contributed by atoms with Crippen molar-refractivity contribution in [2.75, 3.05) is 39.6 Å². The van der Waals surface area contributed by atoms with Crippen LogP contribution in [0, 0.1) is 0 Å².